The van der Waals surface area contributed by atoms with Crippen molar-refractivity contribution in [2.75, 3.05) is 5.32 Å². The molecule has 26 heavy (non-hydrogen) atoms. The molecule has 4 rings (SSSR count). The Hall–Kier alpha value is -2.43. The van der Waals surface area contributed by atoms with Gasteiger partial charge in [-0.2, -0.15) is 0 Å². The first-order valence-electron chi connectivity index (χ1n) is 8.57. The van der Waals surface area contributed by atoms with Crippen molar-refractivity contribution in [2.45, 2.75) is 19.8 Å². The van der Waals surface area contributed by atoms with Gasteiger partial charge >= 0.3 is 0 Å². The molecule has 2 heterocycles. The van der Waals surface area contributed by atoms with Gasteiger partial charge in [-0.15, -0.1) is 11.3 Å². The lowest BCUT2D eigenvalue weighted by molar-refractivity contribution is 1.000. The molecule has 0 atom stereocenters. The van der Waals surface area contributed by atoms with E-state index in [4.69, 9.17) is 21.6 Å². The fourth-order valence-corrected chi connectivity index (χ4v) is 4.02. The topological polar surface area (TPSA) is 37.8 Å². The summed E-state index contributed by atoms with van der Waals surface area (Å²) < 4.78 is 0. The number of aryl methyl sites for hydroxylation is 1. The van der Waals surface area contributed by atoms with Crippen LogP contribution in [0.5, 0.6) is 0 Å². The molecule has 2 aromatic heterocycles. The van der Waals surface area contributed by atoms with Gasteiger partial charge in [0.25, 0.3) is 0 Å². The van der Waals surface area contributed by atoms with E-state index >= 15 is 0 Å². The molecule has 2 aromatic carbocycles. The van der Waals surface area contributed by atoms with E-state index in [0.717, 1.165) is 34.0 Å². The van der Waals surface area contributed by atoms with Gasteiger partial charge in [-0.3, -0.25) is 0 Å². The average molecular weight is 380 g/mol. The highest BCUT2D eigenvalue weighted by Gasteiger charge is 2.12. The van der Waals surface area contributed by atoms with Crippen molar-refractivity contribution in [3.8, 4) is 0 Å². The lowest BCUT2D eigenvalue weighted by atomic mass is 10.1. The maximum absolute atomic E-state index is 6.12. The molecule has 1 N–H and O–H groups in total. The van der Waals surface area contributed by atoms with Gasteiger partial charge in [0.2, 0.25) is 0 Å². The van der Waals surface area contributed by atoms with Crippen LogP contribution in [0.3, 0.4) is 0 Å². The Kier molecular flexibility index (Phi) is 4.87. The minimum Gasteiger partial charge on any atom is -0.340 e. The first-order chi connectivity index (χ1) is 12.7. The third-order valence-corrected chi connectivity index (χ3v) is 5.54. The molecule has 0 unspecified atom stereocenters. The summed E-state index contributed by atoms with van der Waals surface area (Å²) in [6, 6.07) is 20.2. The number of rotatable bonds is 5. The zero-order valence-corrected chi connectivity index (χ0v) is 15.9. The molecular formula is C21H18ClN3S. The molecule has 130 valence electrons. The molecule has 0 bridgehead atoms. The summed E-state index contributed by atoms with van der Waals surface area (Å²) in [6.45, 7) is 2.16. The SMILES string of the molecule is CCc1cc2c(Nc3cccc(Cl)c3)nc(Cc3ccccc3)nc2s1. The Labute approximate surface area is 161 Å². The van der Waals surface area contributed by atoms with Crippen molar-refractivity contribution in [3.63, 3.8) is 0 Å². The summed E-state index contributed by atoms with van der Waals surface area (Å²) in [5.41, 5.74) is 2.13. The molecule has 3 nitrogen and oxygen atoms in total. The van der Waals surface area contributed by atoms with E-state index in [1.807, 2.05) is 42.5 Å². The zero-order valence-electron chi connectivity index (χ0n) is 14.4. The number of benzene rings is 2. The van der Waals surface area contributed by atoms with E-state index < -0.39 is 0 Å². The second kappa shape index (κ2) is 7.44. The number of thiophene rings is 1. The van der Waals surface area contributed by atoms with E-state index in [-0.39, 0.29) is 0 Å². The van der Waals surface area contributed by atoms with Crippen molar-refractivity contribution in [3.05, 3.63) is 82.0 Å². The monoisotopic (exact) mass is 379 g/mol. The number of hydrogen-bond donors (Lipinski definition) is 1. The Morgan fingerprint density at radius 3 is 2.62 bits per heavy atom. The molecule has 0 fully saturated rings. The maximum atomic E-state index is 6.12. The van der Waals surface area contributed by atoms with Crippen LogP contribution in [0.25, 0.3) is 10.2 Å². The lowest BCUT2D eigenvalue weighted by Gasteiger charge is -2.09. The van der Waals surface area contributed by atoms with Gasteiger partial charge in [-0.05, 0) is 36.2 Å². The number of nitrogens with zero attached hydrogens (tertiary/aromatic N) is 2. The van der Waals surface area contributed by atoms with E-state index in [2.05, 4.69) is 30.4 Å². The Balaban J connectivity index is 1.76. The lowest BCUT2D eigenvalue weighted by Crippen LogP contribution is -2.01. The molecule has 0 aliphatic carbocycles. The fraction of sp³-hybridized carbons (Fsp3) is 0.143. The molecule has 0 aliphatic heterocycles. The standard InChI is InChI=1S/C21H18ClN3S/c1-2-17-13-18-20(23-16-10-6-9-15(22)12-16)24-19(25-21(18)26-17)11-14-7-4-3-5-8-14/h3-10,12-13H,2,11H2,1H3,(H,23,24,25). The molecule has 0 radical (unpaired) electrons. The number of halogens is 1. The van der Waals surface area contributed by atoms with Gasteiger partial charge in [-0.1, -0.05) is 54.9 Å². The summed E-state index contributed by atoms with van der Waals surface area (Å²) in [7, 11) is 0. The second-order valence-electron chi connectivity index (χ2n) is 6.07. The molecular weight excluding hydrogens is 362 g/mol. The summed E-state index contributed by atoms with van der Waals surface area (Å²) >= 11 is 7.86. The summed E-state index contributed by atoms with van der Waals surface area (Å²) in [6.07, 6.45) is 1.70. The van der Waals surface area contributed by atoms with Gasteiger partial charge in [-0.25, -0.2) is 9.97 Å². The summed E-state index contributed by atoms with van der Waals surface area (Å²) in [5.74, 6) is 1.65. The van der Waals surface area contributed by atoms with Crippen LogP contribution in [0.4, 0.5) is 11.5 Å². The van der Waals surface area contributed by atoms with Crippen LogP contribution < -0.4 is 5.32 Å². The number of aromatic nitrogens is 2. The average Bonchev–Trinajstić information content (AvgIpc) is 3.06. The number of fused-ring (bicyclic) bond motifs is 1. The van der Waals surface area contributed by atoms with Gasteiger partial charge in [0.1, 0.15) is 16.5 Å². The zero-order chi connectivity index (χ0) is 17.9. The third kappa shape index (κ3) is 3.71. The van der Waals surface area contributed by atoms with Gasteiger partial charge in [0.05, 0.1) is 5.39 Å². The third-order valence-electron chi connectivity index (χ3n) is 4.13. The summed E-state index contributed by atoms with van der Waals surface area (Å²) in [5, 5.41) is 5.18. The second-order valence-corrected chi connectivity index (χ2v) is 7.62. The van der Waals surface area contributed by atoms with Crippen LogP contribution in [-0.4, -0.2) is 9.97 Å². The molecule has 0 saturated carbocycles. The van der Waals surface area contributed by atoms with E-state index in [1.54, 1.807) is 11.3 Å². The van der Waals surface area contributed by atoms with Crippen molar-refractivity contribution >= 4 is 44.7 Å². The smallest absolute Gasteiger partial charge is 0.142 e. The molecule has 0 spiro atoms. The van der Waals surface area contributed by atoms with E-state index in [0.29, 0.717) is 11.4 Å². The maximum Gasteiger partial charge on any atom is 0.142 e. The van der Waals surface area contributed by atoms with E-state index in [9.17, 15) is 0 Å². The van der Waals surface area contributed by atoms with Gasteiger partial charge < -0.3 is 5.32 Å². The van der Waals surface area contributed by atoms with E-state index in [1.165, 1.54) is 10.4 Å². The van der Waals surface area contributed by atoms with Crippen molar-refractivity contribution in [1.82, 2.24) is 9.97 Å². The Bertz CT molecular complexity index is 1040. The predicted molar refractivity (Wildman–Crippen MR) is 111 cm³/mol. The molecule has 0 amide bonds. The van der Waals surface area contributed by atoms with Crippen molar-refractivity contribution in [2.24, 2.45) is 0 Å². The van der Waals surface area contributed by atoms with Crippen LogP contribution in [0, 0.1) is 0 Å². The highest BCUT2D eigenvalue weighted by atomic mass is 35.5. The molecule has 0 aliphatic rings. The van der Waals surface area contributed by atoms with Crippen LogP contribution in [0.2, 0.25) is 5.02 Å². The molecule has 4 aromatic rings. The molecule has 0 saturated heterocycles. The first-order valence-corrected chi connectivity index (χ1v) is 9.76. The highest BCUT2D eigenvalue weighted by molar-refractivity contribution is 7.18. The van der Waals surface area contributed by atoms with Gasteiger partial charge in [0, 0.05) is 22.0 Å². The van der Waals surface area contributed by atoms with Crippen molar-refractivity contribution in [1.29, 1.82) is 0 Å². The quantitative estimate of drug-likeness (QED) is 0.446. The van der Waals surface area contributed by atoms with Crippen LogP contribution in [-0.2, 0) is 12.8 Å². The number of anilines is 2. The largest absolute Gasteiger partial charge is 0.340 e. The Morgan fingerprint density at radius 1 is 1.00 bits per heavy atom. The normalized spacial score (nSPS) is 11.0. The Morgan fingerprint density at radius 2 is 1.85 bits per heavy atom. The first kappa shape index (κ1) is 17.0. The summed E-state index contributed by atoms with van der Waals surface area (Å²) in [4.78, 5) is 11.9. The highest BCUT2D eigenvalue weighted by Crippen LogP contribution is 2.31. The number of hydrogen-bond acceptors (Lipinski definition) is 4. The molecule has 5 heteroatoms. The van der Waals surface area contributed by atoms with Crippen LogP contribution >= 0.6 is 22.9 Å². The number of nitrogens with one attached hydrogen (secondary N) is 1. The van der Waals surface area contributed by atoms with Gasteiger partial charge in [0.15, 0.2) is 0 Å². The minimum absolute atomic E-state index is 0.698. The minimum atomic E-state index is 0.698. The van der Waals surface area contributed by atoms with Crippen LogP contribution in [0.1, 0.15) is 23.2 Å². The predicted octanol–water partition coefficient (Wildman–Crippen LogP) is 6.24. The van der Waals surface area contributed by atoms with Crippen LogP contribution in [0.15, 0.2) is 60.7 Å². The fourth-order valence-electron chi connectivity index (χ4n) is 2.85. The van der Waals surface area contributed by atoms with Crippen molar-refractivity contribution < 1.29 is 0 Å².